The zero-order valence-electron chi connectivity index (χ0n) is 15.0. The maximum atomic E-state index is 13.4. The second-order valence-corrected chi connectivity index (χ2v) is 8.57. The minimum Gasteiger partial charge on any atom is -0.306 e. The monoisotopic (exact) mass is 343 g/mol. The van der Waals surface area contributed by atoms with Gasteiger partial charge in [0.25, 0.3) is 0 Å². The predicted octanol–water partition coefficient (Wildman–Crippen LogP) is 1.12. The van der Waals surface area contributed by atoms with E-state index in [0.29, 0.717) is 35.9 Å². The number of rotatable bonds is 1. The second-order valence-electron chi connectivity index (χ2n) is 8.57. The summed E-state index contributed by atoms with van der Waals surface area (Å²) in [6.45, 7) is 2.18. The van der Waals surface area contributed by atoms with Crippen molar-refractivity contribution in [3.63, 3.8) is 0 Å². The summed E-state index contributed by atoms with van der Waals surface area (Å²) < 4.78 is 0. The summed E-state index contributed by atoms with van der Waals surface area (Å²) in [6.07, 6.45) is 10.6. The predicted molar refractivity (Wildman–Crippen MR) is 96.7 cm³/mol. The Bertz CT molecular complexity index is 609. The highest BCUT2D eigenvalue weighted by molar-refractivity contribution is 5.80. The first-order valence-corrected chi connectivity index (χ1v) is 9.98. The van der Waals surface area contributed by atoms with Crippen LogP contribution in [0.5, 0.6) is 0 Å². The number of hydrazone groups is 1. The van der Waals surface area contributed by atoms with Crippen molar-refractivity contribution in [2.45, 2.75) is 56.7 Å². The van der Waals surface area contributed by atoms with Gasteiger partial charge in [0.2, 0.25) is 5.91 Å². The van der Waals surface area contributed by atoms with Crippen molar-refractivity contribution in [1.29, 1.82) is 0 Å². The fourth-order valence-electron chi connectivity index (χ4n) is 5.99. The maximum absolute atomic E-state index is 13.4. The van der Waals surface area contributed by atoms with Gasteiger partial charge >= 0.3 is 0 Å². The Morgan fingerprint density at radius 2 is 2.00 bits per heavy atom. The van der Waals surface area contributed by atoms with Gasteiger partial charge in [-0.1, -0.05) is 0 Å². The zero-order valence-corrected chi connectivity index (χ0v) is 15.0. The average Bonchev–Trinajstić information content (AvgIpc) is 2.97. The van der Waals surface area contributed by atoms with Crippen LogP contribution in [0.3, 0.4) is 0 Å². The van der Waals surface area contributed by atoms with Crippen LogP contribution in [0.4, 0.5) is 0 Å². The Labute approximate surface area is 149 Å². The van der Waals surface area contributed by atoms with Gasteiger partial charge in [-0.2, -0.15) is 5.10 Å². The van der Waals surface area contributed by atoms with Crippen molar-refractivity contribution >= 4 is 12.1 Å². The first-order valence-electron chi connectivity index (χ1n) is 9.98. The molecule has 3 aliphatic heterocycles. The van der Waals surface area contributed by atoms with E-state index in [0.717, 1.165) is 38.8 Å². The van der Waals surface area contributed by atoms with Crippen LogP contribution in [0, 0.1) is 17.8 Å². The van der Waals surface area contributed by atoms with Crippen molar-refractivity contribution in [3.05, 3.63) is 11.6 Å². The molecule has 136 valence electrons. The largest absolute Gasteiger partial charge is 0.306 e. The summed E-state index contributed by atoms with van der Waals surface area (Å²) in [5, 5.41) is 6.36. The van der Waals surface area contributed by atoms with E-state index >= 15 is 0 Å². The summed E-state index contributed by atoms with van der Waals surface area (Å²) in [5.41, 5.74) is 8.49. The number of carbonyl (C=O) groups is 1. The lowest BCUT2D eigenvalue weighted by Crippen LogP contribution is -2.64. The van der Waals surface area contributed by atoms with E-state index in [-0.39, 0.29) is 5.92 Å². The lowest BCUT2D eigenvalue weighted by atomic mass is 9.77. The molecule has 3 heterocycles. The molecule has 2 saturated heterocycles. The molecule has 5 unspecified atom stereocenters. The van der Waals surface area contributed by atoms with Gasteiger partial charge in [-0.05, 0) is 82.1 Å². The molecule has 2 N–H and O–H groups in total. The van der Waals surface area contributed by atoms with Crippen LogP contribution in [0.15, 0.2) is 16.8 Å². The van der Waals surface area contributed by atoms with Gasteiger partial charge in [-0.3, -0.25) is 9.80 Å². The summed E-state index contributed by atoms with van der Waals surface area (Å²) in [6, 6.07) is 1.17. The minimum atomic E-state index is 0.187. The molecule has 6 heteroatoms. The minimum absolute atomic E-state index is 0.187. The first kappa shape index (κ1) is 15.8. The highest BCUT2D eigenvalue weighted by atomic mass is 16.2. The molecular weight excluding hydrogens is 314 g/mol. The van der Waals surface area contributed by atoms with Gasteiger partial charge in [0.05, 0.1) is 12.1 Å². The Hall–Kier alpha value is -1.40. The maximum Gasteiger partial charge on any atom is 0.240 e. The fraction of sp³-hybridized carbons (Fsp3) is 0.789. The van der Waals surface area contributed by atoms with Crippen LogP contribution in [0.25, 0.3) is 0 Å². The SMILES string of the molecule is CN1CCC(N2NC3CCC4C5NN=CC=C5CCC(C2=O)C34)CC1. The van der Waals surface area contributed by atoms with Crippen molar-refractivity contribution in [2.75, 3.05) is 20.1 Å². The molecule has 2 saturated carbocycles. The van der Waals surface area contributed by atoms with Crippen molar-refractivity contribution in [1.82, 2.24) is 20.8 Å². The molecule has 4 fully saturated rings. The summed E-state index contributed by atoms with van der Waals surface area (Å²) in [5.74, 6) is 1.55. The second kappa shape index (κ2) is 6.09. The smallest absolute Gasteiger partial charge is 0.240 e. The number of hydrogen-bond donors (Lipinski definition) is 2. The van der Waals surface area contributed by atoms with Crippen LogP contribution in [0.1, 0.15) is 38.5 Å². The highest BCUT2D eigenvalue weighted by Crippen LogP contribution is 2.49. The molecule has 6 nitrogen and oxygen atoms in total. The van der Waals surface area contributed by atoms with Crippen molar-refractivity contribution in [2.24, 2.45) is 22.9 Å². The van der Waals surface area contributed by atoms with Crippen LogP contribution in [0.2, 0.25) is 0 Å². The van der Waals surface area contributed by atoms with E-state index in [2.05, 4.69) is 39.0 Å². The number of nitrogens with zero attached hydrogens (tertiary/aromatic N) is 3. The summed E-state index contributed by atoms with van der Waals surface area (Å²) >= 11 is 0. The topological polar surface area (TPSA) is 60.0 Å². The molecular formula is C19H29N5O. The Kier molecular flexibility index (Phi) is 3.86. The fourth-order valence-corrected chi connectivity index (χ4v) is 5.99. The van der Waals surface area contributed by atoms with E-state index in [4.69, 9.17) is 0 Å². The third-order valence-corrected chi connectivity index (χ3v) is 7.30. The van der Waals surface area contributed by atoms with Gasteiger partial charge in [-0.25, -0.2) is 5.43 Å². The number of piperidine rings is 1. The Morgan fingerprint density at radius 3 is 2.84 bits per heavy atom. The molecule has 2 aliphatic carbocycles. The number of nitrogens with one attached hydrogen (secondary N) is 2. The molecule has 25 heavy (non-hydrogen) atoms. The van der Waals surface area contributed by atoms with E-state index in [9.17, 15) is 4.79 Å². The molecule has 0 bridgehead atoms. The molecule has 5 atom stereocenters. The summed E-state index contributed by atoms with van der Waals surface area (Å²) in [7, 11) is 2.18. The van der Waals surface area contributed by atoms with E-state index in [1.165, 1.54) is 18.4 Å². The van der Waals surface area contributed by atoms with E-state index < -0.39 is 0 Å². The van der Waals surface area contributed by atoms with Gasteiger partial charge in [0, 0.05) is 18.2 Å². The normalized spacial score (nSPS) is 41.6. The average molecular weight is 343 g/mol. The number of hydrazine groups is 1. The van der Waals surface area contributed by atoms with Crippen LogP contribution >= 0.6 is 0 Å². The van der Waals surface area contributed by atoms with Gasteiger partial charge in [-0.15, -0.1) is 0 Å². The molecule has 0 aromatic carbocycles. The van der Waals surface area contributed by atoms with Crippen molar-refractivity contribution in [3.8, 4) is 0 Å². The van der Waals surface area contributed by atoms with Crippen LogP contribution < -0.4 is 10.9 Å². The zero-order chi connectivity index (χ0) is 17.0. The molecule has 0 aromatic rings. The third kappa shape index (κ3) is 2.53. The number of carbonyl (C=O) groups excluding carboxylic acids is 1. The summed E-state index contributed by atoms with van der Waals surface area (Å²) in [4.78, 5) is 15.8. The molecule has 1 amide bonds. The van der Waals surface area contributed by atoms with Gasteiger partial charge < -0.3 is 10.3 Å². The highest BCUT2D eigenvalue weighted by Gasteiger charge is 2.54. The van der Waals surface area contributed by atoms with Gasteiger partial charge in [0.1, 0.15) is 0 Å². The Morgan fingerprint density at radius 1 is 1.16 bits per heavy atom. The standard InChI is InChI=1S/C19H29N5O/c1-23-10-7-13(8-11-23)24-19(25)15-3-2-12-6-9-20-21-18(12)14-4-5-16(22-24)17(14)15/h6,9,13-18,21-22H,2-5,7-8,10-11H2,1H3. The lowest BCUT2D eigenvalue weighted by Gasteiger charge is -2.47. The number of fused-ring (bicyclic) bond motifs is 2. The molecule has 5 aliphatic rings. The quantitative estimate of drug-likeness (QED) is 0.749. The van der Waals surface area contributed by atoms with Crippen molar-refractivity contribution < 1.29 is 4.79 Å². The third-order valence-electron chi connectivity index (χ3n) is 7.30. The van der Waals surface area contributed by atoms with Gasteiger partial charge in [0.15, 0.2) is 0 Å². The first-order chi connectivity index (χ1) is 12.2. The molecule has 0 spiro atoms. The van der Waals surface area contributed by atoms with E-state index in [1.807, 2.05) is 6.21 Å². The van der Waals surface area contributed by atoms with Crippen LogP contribution in [-0.2, 0) is 4.79 Å². The molecule has 5 rings (SSSR count). The number of amides is 1. The molecule has 0 radical (unpaired) electrons. The lowest BCUT2D eigenvalue weighted by molar-refractivity contribution is -0.154. The molecule has 0 aromatic heterocycles. The van der Waals surface area contributed by atoms with Crippen LogP contribution in [-0.4, -0.2) is 60.3 Å². The Balaban J connectivity index is 1.41. The number of allylic oxidation sites excluding steroid dienone is 1. The number of likely N-dealkylation sites (tertiary alicyclic amines) is 1. The number of hydrogen-bond acceptors (Lipinski definition) is 5. The van der Waals surface area contributed by atoms with E-state index in [1.54, 1.807) is 0 Å².